The molecule has 0 bridgehead atoms. The monoisotopic (exact) mass is 252 g/mol. The number of H-pyrrole nitrogens is 1. The van der Waals surface area contributed by atoms with E-state index in [1.165, 1.54) is 0 Å². The lowest BCUT2D eigenvalue weighted by molar-refractivity contribution is -0.133. The molecule has 0 spiro atoms. The van der Waals surface area contributed by atoms with E-state index in [4.69, 9.17) is 0 Å². The number of rotatable bonds is 1. The zero-order chi connectivity index (χ0) is 11.7. The molecule has 92 valence electrons. The van der Waals surface area contributed by atoms with E-state index in [0.717, 1.165) is 36.0 Å². The molecule has 1 aromatic rings. The van der Waals surface area contributed by atoms with Gasteiger partial charge < -0.3 is 9.88 Å². The number of aromatic nitrogens is 2. The molecule has 3 rings (SSSR count). The van der Waals surface area contributed by atoms with E-state index in [1.807, 2.05) is 16.7 Å². The summed E-state index contributed by atoms with van der Waals surface area (Å²) in [6, 6.07) is -0.0890. The van der Waals surface area contributed by atoms with Crippen molar-refractivity contribution in [2.75, 3.05) is 24.6 Å². The largest absolute Gasteiger partial charge is 0.347 e. The maximum atomic E-state index is 12.3. The number of thioether (sulfide) groups is 1. The minimum atomic E-state index is -0.0890. The molecule has 1 unspecified atom stereocenters. The fourth-order valence-corrected chi connectivity index (χ4v) is 3.25. The third-order valence-corrected chi connectivity index (χ3v) is 4.29. The van der Waals surface area contributed by atoms with Crippen molar-refractivity contribution in [3.8, 4) is 0 Å². The first-order valence-corrected chi connectivity index (χ1v) is 7.11. The smallest absolute Gasteiger partial charge is 0.240 e. The van der Waals surface area contributed by atoms with Crippen LogP contribution in [0.2, 0.25) is 0 Å². The van der Waals surface area contributed by atoms with Crippen molar-refractivity contribution in [2.24, 2.45) is 0 Å². The van der Waals surface area contributed by atoms with Gasteiger partial charge in [0.2, 0.25) is 5.91 Å². The molecule has 1 aromatic heterocycles. The molecule has 1 atom stereocenters. The van der Waals surface area contributed by atoms with Gasteiger partial charge in [0.25, 0.3) is 0 Å². The van der Waals surface area contributed by atoms with Gasteiger partial charge in [0.05, 0.1) is 23.8 Å². The molecule has 2 aliphatic heterocycles. The van der Waals surface area contributed by atoms with E-state index >= 15 is 0 Å². The van der Waals surface area contributed by atoms with Crippen LogP contribution in [0.1, 0.15) is 11.4 Å². The van der Waals surface area contributed by atoms with Crippen LogP contribution < -0.4 is 5.32 Å². The van der Waals surface area contributed by atoms with Gasteiger partial charge in [-0.2, -0.15) is 11.8 Å². The van der Waals surface area contributed by atoms with Crippen LogP contribution in [0.3, 0.4) is 0 Å². The van der Waals surface area contributed by atoms with Crippen molar-refractivity contribution >= 4 is 17.7 Å². The first kappa shape index (κ1) is 11.1. The molecule has 2 N–H and O–H groups in total. The van der Waals surface area contributed by atoms with Crippen LogP contribution in [0.25, 0.3) is 0 Å². The van der Waals surface area contributed by atoms with Crippen molar-refractivity contribution in [3.63, 3.8) is 0 Å². The Bertz CT molecular complexity index is 413. The van der Waals surface area contributed by atoms with Crippen LogP contribution in [0.15, 0.2) is 6.33 Å². The number of imidazole rings is 1. The van der Waals surface area contributed by atoms with Crippen LogP contribution in [-0.4, -0.2) is 51.4 Å². The molecule has 1 fully saturated rings. The van der Waals surface area contributed by atoms with Gasteiger partial charge in [0.1, 0.15) is 0 Å². The summed E-state index contributed by atoms with van der Waals surface area (Å²) in [5, 5.41) is 3.29. The van der Waals surface area contributed by atoms with Crippen molar-refractivity contribution in [3.05, 3.63) is 17.7 Å². The number of hydrogen-bond acceptors (Lipinski definition) is 4. The molecule has 17 heavy (non-hydrogen) atoms. The van der Waals surface area contributed by atoms with Crippen LogP contribution >= 0.6 is 11.8 Å². The average molecular weight is 252 g/mol. The Morgan fingerprint density at radius 1 is 1.47 bits per heavy atom. The van der Waals surface area contributed by atoms with Crippen LogP contribution in [0.5, 0.6) is 0 Å². The predicted molar refractivity (Wildman–Crippen MR) is 66.8 cm³/mol. The third kappa shape index (κ3) is 2.19. The number of nitrogens with zero attached hydrogens (tertiary/aromatic N) is 2. The Labute approximate surface area is 104 Å². The summed E-state index contributed by atoms with van der Waals surface area (Å²) in [4.78, 5) is 21.6. The average Bonchev–Trinajstić information content (AvgIpc) is 2.86. The molecule has 1 amide bonds. The van der Waals surface area contributed by atoms with E-state index < -0.39 is 0 Å². The summed E-state index contributed by atoms with van der Waals surface area (Å²) in [6.45, 7) is 2.48. The van der Waals surface area contributed by atoms with Gasteiger partial charge in [0.15, 0.2) is 0 Å². The minimum Gasteiger partial charge on any atom is -0.347 e. The Kier molecular flexibility index (Phi) is 3.07. The highest BCUT2D eigenvalue weighted by molar-refractivity contribution is 7.99. The SMILES string of the molecule is O=C(C1Cc2nc[nH]c2CN1)N1CCSCC1. The molecule has 6 heteroatoms. The highest BCUT2D eigenvalue weighted by Crippen LogP contribution is 2.16. The lowest BCUT2D eigenvalue weighted by Crippen LogP contribution is -2.51. The highest BCUT2D eigenvalue weighted by Gasteiger charge is 2.29. The summed E-state index contributed by atoms with van der Waals surface area (Å²) < 4.78 is 0. The van der Waals surface area contributed by atoms with Gasteiger partial charge in [-0.1, -0.05) is 0 Å². The molecule has 2 aliphatic rings. The zero-order valence-electron chi connectivity index (χ0n) is 9.61. The number of carbonyl (C=O) groups excluding carboxylic acids is 1. The third-order valence-electron chi connectivity index (χ3n) is 3.35. The number of hydrogen-bond donors (Lipinski definition) is 2. The van der Waals surface area contributed by atoms with Crippen LogP contribution in [0, 0.1) is 0 Å². The Morgan fingerprint density at radius 3 is 3.12 bits per heavy atom. The van der Waals surface area contributed by atoms with Crippen LogP contribution in [-0.2, 0) is 17.8 Å². The van der Waals surface area contributed by atoms with E-state index in [1.54, 1.807) is 6.33 Å². The first-order chi connectivity index (χ1) is 8.34. The molecule has 0 saturated carbocycles. The van der Waals surface area contributed by atoms with E-state index in [0.29, 0.717) is 13.0 Å². The number of carbonyl (C=O) groups is 1. The molecule has 1 saturated heterocycles. The molecule has 0 aromatic carbocycles. The minimum absolute atomic E-state index is 0.0890. The van der Waals surface area contributed by atoms with Crippen molar-refractivity contribution in [1.82, 2.24) is 20.2 Å². The number of amides is 1. The summed E-state index contributed by atoms with van der Waals surface area (Å²) in [7, 11) is 0. The maximum Gasteiger partial charge on any atom is 0.240 e. The van der Waals surface area contributed by atoms with E-state index in [9.17, 15) is 4.79 Å². The van der Waals surface area contributed by atoms with Gasteiger partial charge in [-0.25, -0.2) is 4.98 Å². The van der Waals surface area contributed by atoms with Crippen molar-refractivity contribution in [2.45, 2.75) is 19.0 Å². The lowest BCUT2D eigenvalue weighted by Gasteiger charge is -2.31. The predicted octanol–water partition coefficient (Wildman–Crippen LogP) is -0.000600. The fourth-order valence-electron chi connectivity index (χ4n) is 2.35. The standard InChI is InChI=1S/C11H16N4OS/c16-11(15-1-3-17-4-2-15)9-5-8-10(6-12-9)14-7-13-8/h7,9,12H,1-6H2,(H,13,14). The second kappa shape index (κ2) is 4.70. The Morgan fingerprint density at radius 2 is 2.29 bits per heavy atom. The molecule has 3 heterocycles. The fraction of sp³-hybridized carbons (Fsp3) is 0.636. The van der Waals surface area contributed by atoms with Gasteiger partial charge in [-0.15, -0.1) is 0 Å². The second-order valence-corrected chi connectivity index (χ2v) is 5.63. The summed E-state index contributed by atoms with van der Waals surface area (Å²) in [6.07, 6.45) is 2.41. The number of fused-ring (bicyclic) bond motifs is 1. The van der Waals surface area contributed by atoms with Gasteiger partial charge in [0, 0.05) is 37.6 Å². The van der Waals surface area contributed by atoms with Crippen molar-refractivity contribution < 1.29 is 4.79 Å². The number of aromatic amines is 1. The zero-order valence-corrected chi connectivity index (χ0v) is 10.4. The quantitative estimate of drug-likeness (QED) is 0.738. The second-order valence-electron chi connectivity index (χ2n) is 4.40. The molecular weight excluding hydrogens is 236 g/mol. The van der Waals surface area contributed by atoms with Crippen molar-refractivity contribution in [1.29, 1.82) is 0 Å². The van der Waals surface area contributed by atoms with Crippen LogP contribution in [0.4, 0.5) is 0 Å². The Hall–Kier alpha value is -1.01. The normalized spacial score (nSPS) is 24.5. The molecule has 0 aliphatic carbocycles. The molecule has 0 radical (unpaired) electrons. The number of nitrogens with one attached hydrogen (secondary N) is 2. The lowest BCUT2D eigenvalue weighted by atomic mass is 10.0. The Balaban J connectivity index is 1.67. The van der Waals surface area contributed by atoms with E-state index in [-0.39, 0.29) is 11.9 Å². The molecule has 5 nitrogen and oxygen atoms in total. The summed E-state index contributed by atoms with van der Waals surface area (Å²) >= 11 is 1.92. The summed E-state index contributed by atoms with van der Waals surface area (Å²) in [5.74, 6) is 2.36. The highest BCUT2D eigenvalue weighted by atomic mass is 32.2. The first-order valence-electron chi connectivity index (χ1n) is 5.95. The van der Waals surface area contributed by atoms with Gasteiger partial charge in [-0.3, -0.25) is 10.1 Å². The van der Waals surface area contributed by atoms with E-state index in [2.05, 4.69) is 15.3 Å². The summed E-state index contributed by atoms with van der Waals surface area (Å²) in [5.41, 5.74) is 2.15. The van der Waals surface area contributed by atoms with Gasteiger partial charge in [-0.05, 0) is 0 Å². The topological polar surface area (TPSA) is 61.0 Å². The van der Waals surface area contributed by atoms with Gasteiger partial charge >= 0.3 is 0 Å². The maximum absolute atomic E-state index is 12.3. The molecular formula is C11H16N4OS.